The topological polar surface area (TPSA) is 61.4 Å². The lowest BCUT2D eigenvalue weighted by atomic mass is 10.1. The highest BCUT2D eigenvalue weighted by molar-refractivity contribution is 5.98. The molecule has 0 fully saturated rings. The summed E-state index contributed by atoms with van der Waals surface area (Å²) in [6.45, 7) is 5.85. The summed E-state index contributed by atoms with van der Waals surface area (Å²) >= 11 is 0. The van der Waals surface area contributed by atoms with Crippen LogP contribution < -0.4 is 10.6 Å². The number of carbonyl (C=O) groups is 2. The summed E-state index contributed by atoms with van der Waals surface area (Å²) in [6.07, 6.45) is 0. The van der Waals surface area contributed by atoms with E-state index in [4.69, 9.17) is 0 Å². The highest BCUT2D eigenvalue weighted by atomic mass is 16.2. The molecule has 3 aromatic rings. The van der Waals surface area contributed by atoms with E-state index in [0.29, 0.717) is 0 Å². The number of nitrogens with zero attached hydrogens (tertiary/aromatic N) is 1. The van der Waals surface area contributed by atoms with Crippen LogP contribution in [0.15, 0.2) is 60.7 Å². The lowest BCUT2D eigenvalue weighted by Gasteiger charge is -2.24. The Morgan fingerprint density at radius 1 is 0.897 bits per heavy atom. The third kappa shape index (κ3) is 5.00. The van der Waals surface area contributed by atoms with E-state index in [0.717, 1.165) is 33.3 Å². The molecule has 0 spiro atoms. The van der Waals surface area contributed by atoms with Gasteiger partial charge in [0.15, 0.2) is 0 Å². The predicted molar refractivity (Wildman–Crippen MR) is 119 cm³/mol. The minimum absolute atomic E-state index is 0.125. The van der Waals surface area contributed by atoms with Crippen molar-refractivity contribution in [2.75, 3.05) is 24.2 Å². The maximum absolute atomic E-state index is 12.7. The Hall–Kier alpha value is -3.18. The molecule has 0 aliphatic rings. The number of anilines is 2. The molecule has 29 heavy (non-hydrogen) atoms. The highest BCUT2D eigenvalue weighted by Gasteiger charge is 2.21. The molecule has 2 N–H and O–H groups in total. The molecule has 5 nitrogen and oxygen atoms in total. The molecule has 0 saturated heterocycles. The van der Waals surface area contributed by atoms with Crippen LogP contribution in [0.4, 0.5) is 11.4 Å². The van der Waals surface area contributed by atoms with Gasteiger partial charge in [-0.1, -0.05) is 48.5 Å². The molecule has 0 saturated carbocycles. The second-order valence-corrected chi connectivity index (χ2v) is 7.46. The second kappa shape index (κ2) is 8.88. The fourth-order valence-corrected chi connectivity index (χ4v) is 3.27. The van der Waals surface area contributed by atoms with Gasteiger partial charge in [0.1, 0.15) is 0 Å². The molecular formula is C24H27N3O2. The van der Waals surface area contributed by atoms with Gasteiger partial charge in [-0.15, -0.1) is 0 Å². The second-order valence-electron chi connectivity index (χ2n) is 7.46. The third-order valence-electron chi connectivity index (χ3n) is 5.20. The number of fused-ring (bicyclic) bond motifs is 1. The fourth-order valence-electron chi connectivity index (χ4n) is 3.27. The fraction of sp³-hybridized carbons (Fsp3) is 0.250. The standard InChI is InChI=1S/C24H27N3O2/c1-16-8-7-9-17(2)23(16)26-22(28)15-27(4)18(3)24(29)25-21-13-12-19-10-5-6-11-20(19)14-21/h5-14,18H,15H2,1-4H3,(H,25,29)(H,26,28). The summed E-state index contributed by atoms with van der Waals surface area (Å²) in [6, 6.07) is 19.3. The van der Waals surface area contributed by atoms with Crippen molar-refractivity contribution in [1.29, 1.82) is 0 Å². The molecule has 0 aliphatic heterocycles. The summed E-state index contributed by atoms with van der Waals surface area (Å²) in [7, 11) is 1.77. The normalized spacial score (nSPS) is 12.0. The van der Waals surface area contributed by atoms with Crippen LogP contribution in [0.3, 0.4) is 0 Å². The Kier molecular flexibility index (Phi) is 6.29. The molecule has 0 radical (unpaired) electrons. The molecule has 1 atom stereocenters. The smallest absolute Gasteiger partial charge is 0.241 e. The number of benzene rings is 3. The van der Waals surface area contributed by atoms with E-state index in [2.05, 4.69) is 10.6 Å². The minimum Gasteiger partial charge on any atom is -0.325 e. The lowest BCUT2D eigenvalue weighted by Crippen LogP contribution is -2.43. The van der Waals surface area contributed by atoms with E-state index in [1.165, 1.54) is 0 Å². The van der Waals surface area contributed by atoms with Crippen molar-refractivity contribution in [3.63, 3.8) is 0 Å². The van der Waals surface area contributed by atoms with Crippen LogP contribution in [0, 0.1) is 13.8 Å². The van der Waals surface area contributed by atoms with Crippen LogP contribution in [0.25, 0.3) is 10.8 Å². The quantitative estimate of drug-likeness (QED) is 0.659. The highest BCUT2D eigenvalue weighted by Crippen LogP contribution is 2.20. The van der Waals surface area contributed by atoms with E-state index >= 15 is 0 Å². The van der Waals surface area contributed by atoms with Crippen molar-refractivity contribution in [1.82, 2.24) is 4.90 Å². The Balaban J connectivity index is 1.60. The lowest BCUT2D eigenvalue weighted by molar-refractivity contribution is -0.122. The van der Waals surface area contributed by atoms with Gasteiger partial charge in [-0.25, -0.2) is 0 Å². The van der Waals surface area contributed by atoms with E-state index in [1.807, 2.05) is 74.5 Å². The number of aryl methyl sites for hydroxylation is 2. The van der Waals surface area contributed by atoms with Crippen LogP contribution in [0.5, 0.6) is 0 Å². The third-order valence-corrected chi connectivity index (χ3v) is 5.20. The van der Waals surface area contributed by atoms with E-state index in [1.54, 1.807) is 18.9 Å². The molecule has 1 unspecified atom stereocenters. The zero-order valence-corrected chi connectivity index (χ0v) is 17.3. The Morgan fingerprint density at radius 2 is 1.55 bits per heavy atom. The number of nitrogens with one attached hydrogen (secondary N) is 2. The van der Waals surface area contributed by atoms with Crippen molar-refractivity contribution in [2.45, 2.75) is 26.8 Å². The number of carbonyl (C=O) groups excluding carboxylic acids is 2. The van der Waals surface area contributed by atoms with Gasteiger partial charge in [0, 0.05) is 11.4 Å². The van der Waals surface area contributed by atoms with Gasteiger partial charge in [0.25, 0.3) is 0 Å². The number of para-hydroxylation sites is 1. The summed E-state index contributed by atoms with van der Waals surface area (Å²) in [5, 5.41) is 8.10. The maximum Gasteiger partial charge on any atom is 0.241 e. The molecule has 2 amide bonds. The largest absolute Gasteiger partial charge is 0.325 e. The van der Waals surface area contributed by atoms with E-state index in [9.17, 15) is 9.59 Å². The number of amides is 2. The Labute approximate surface area is 171 Å². The SMILES string of the molecule is Cc1cccc(C)c1NC(=O)CN(C)C(C)C(=O)Nc1ccc2ccccc2c1. The summed E-state index contributed by atoms with van der Waals surface area (Å²) in [4.78, 5) is 26.9. The first-order valence-corrected chi connectivity index (χ1v) is 9.71. The first kappa shape index (κ1) is 20.6. The van der Waals surface area contributed by atoms with E-state index < -0.39 is 6.04 Å². The Morgan fingerprint density at radius 3 is 2.24 bits per heavy atom. The van der Waals surface area contributed by atoms with Crippen molar-refractivity contribution < 1.29 is 9.59 Å². The van der Waals surface area contributed by atoms with Crippen molar-refractivity contribution in [2.24, 2.45) is 0 Å². The van der Waals surface area contributed by atoms with Gasteiger partial charge in [-0.3, -0.25) is 14.5 Å². The molecule has 0 aromatic heterocycles. The van der Waals surface area contributed by atoms with Crippen molar-refractivity contribution in [3.8, 4) is 0 Å². The zero-order chi connectivity index (χ0) is 21.0. The predicted octanol–water partition coefficient (Wildman–Crippen LogP) is 4.35. The zero-order valence-electron chi connectivity index (χ0n) is 17.3. The molecule has 0 aliphatic carbocycles. The summed E-state index contributed by atoms with van der Waals surface area (Å²) < 4.78 is 0. The van der Waals surface area contributed by atoms with E-state index in [-0.39, 0.29) is 18.4 Å². The van der Waals surface area contributed by atoms with Crippen LogP contribution in [0.1, 0.15) is 18.1 Å². The van der Waals surface area contributed by atoms with Gasteiger partial charge in [-0.2, -0.15) is 0 Å². The molecule has 3 aromatic carbocycles. The minimum atomic E-state index is -0.454. The monoisotopic (exact) mass is 389 g/mol. The van der Waals surface area contributed by atoms with Crippen molar-refractivity contribution >= 4 is 34.0 Å². The molecule has 3 rings (SSSR count). The van der Waals surface area contributed by atoms with Gasteiger partial charge < -0.3 is 10.6 Å². The van der Waals surface area contributed by atoms with Crippen LogP contribution in [0.2, 0.25) is 0 Å². The van der Waals surface area contributed by atoms with Gasteiger partial charge in [0.05, 0.1) is 12.6 Å². The summed E-state index contributed by atoms with van der Waals surface area (Å²) in [5.41, 5.74) is 3.61. The van der Waals surface area contributed by atoms with Gasteiger partial charge in [-0.05, 0) is 61.9 Å². The average molecular weight is 389 g/mol. The number of hydrogen-bond acceptors (Lipinski definition) is 3. The number of rotatable bonds is 6. The number of likely N-dealkylation sites (N-methyl/N-ethyl adjacent to an activating group) is 1. The molecule has 0 heterocycles. The molecular weight excluding hydrogens is 362 g/mol. The van der Waals surface area contributed by atoms with Gasteiger partial charge >= 0.3 is 0 Å². The first-order chi connectivity index (χ1) is 13.8. The number of hydrogen-bond donors (Lipinski definition) is 2. The molecule has 0 bridgehead atoms. The van der Waals surface area contributed by atoms with Crippen LogP contribution >= 0.6 is 0 Å². The average Bonchev–Trinajstić information content (AvgIpc) is 2.70. The van der Waals surface area contributed by atoms with Crippen LogP contribution in [-0.2, 0) is 9.59 Å². The first-order valence-electron chi connectivity index (χ1n) is 9.71. The van der Waals surface area contributed by atoms with Gasteiger partial charge in [0.2, 0.25) is 11.8 Å². The molecule has 5 heteroatoms. The maximum atomic E-state index is 12.7. The van der Waals surface area contributed by atoms with Crippen molar-refractivity contribution in [3.05, 3.63) is 71.8 Å². The molecule has 150 valence electrons. The Bertz CT molecular complexity index is 1020. The van der Waals surface area contributed by atoms with Crippen LogP contribution in [-0.4, -0.2) is 36.3 Å². The summed E-state index contributed by atoms with van der Waals surface area (Å²) in [5.74, 6) is -0.294.